The highest BCUT2D eigenvalue weighted by Gasteiger charge is 2.15. The Morgan fingerprint density at radius 1 is 1.40 bits per heavy atom. The Morgan fingerprint density at radius 3 is 2.60 bits per heavy atom. The molecule has 1 N–H and O–H groups in total. The predicted octanol–water partition coefficient (Wildman–Crippen LogP) is 3.08. The van der Waals surface area contributed by atoms with Gasteiger partial charge in [0.05, 0.1) is 19.0 Å². The molecular weight excluding hydrogens is 188 g/mol. The van der Waals surface area contributed by atoms with Gasteiger partial charge in [-0.3, -0.25) is 0 Å². The van der Waals surface area contributed by atoms with Crippen LogP contribution in [0.4, 0.5) is 5.69 Å². The first-order chi connectivity index (χ1) is 7.07. The van der Waals surface area contributed by atoms with E-state index < -0.39 is 0 Å². The molecule has 15 heavy (non-hydrogen) atoms. The van der Waals surface area contributed by atoms with Crippen LogP contribution in [0, 0.1) is 0 Å². The smallest absolute Gasteiger partial charge is 0.213 e. The molecule has 0 amide bonds. The average Bonchev–Trinajstić information content (AvgIpc) is 2.18. The second kappa shape index (κ2) is 5.01. The van der Waals surface area contributed by atoms with Gasteiger partial charge in [-0.2, -0.15) is 0 Å². The Labute approximate surface area is 91.9 Å². The lowest BCUT2D eigenvalue weighted by molar-refractivity contribution is 0.398. The molecule has 0 radical (unpaired) electrons. The van der Waals surface area contributed by atoms with Gasteiger partial charge in [-0.1, -0.05) is 13.3 Å². The van der Waals surface area contributed by atoms with Crippen molar-refractivity contribution in [1.82, 2.24) is 4.98 Å². The fraction of sp³-hybridized carbons (Fsp3) is 0.583. The molecule has 0 bridgehead atoms. The van der Waals surface area contributed by atoms with Crippen LogP contribution >= 0.6 is 0 Å². The highest BCUT2D eigenvalue weighted by Crippen LogP contribution is 2.19. The first kappa shape index (κ1) is 11.8. The molecule has 3 heteroatoms. The number of nitrogens with one attached hydrogen (secondary N) is 1. The Morgan fingerprint density at radius 2 is 2.13 bits per heavy atom. The monoisotopic (exact) mass is 208 g/mol. The van der Waals surface area contributed by atoms with E-state index in [2.05, 4.69) is 31.1 Å². The van der Waals surface area contributed by atoms with Gasteiger partial charge in [-0.25, -0.2) is 4.98 Å². The van der Waals surface area contributed by atoms with Crippen LogP contribution in [0.2, 0.25) is 0 Å². The maximum atomic E-state index is 5.01. The van der Waals surface area contributed by atoms with Crippen LogP contribution in [0.1, 0.15) is 33.6 Å². The number of anilines is 1. The number of rotatable bonds is 5. The van der Waals surface area contributed by atoms with Crippen molar-refractivity contribution in [3.05, 3.63) is 18.3 Å². The average molecular weight is 208 g/mol. The highest BCUT2D eigenvalue weighted by atomic mass is 16.5. The molecule has 1 aromatic rings. The van der Waals surface area contributed by atoms with Crippen molar-refractivity contribution in [3.8, 4) is 5.88 Å². The van der Waals surface area contributed by atoms with E-state index in [4.69, 9.17) is 4.74 Å². The minimum atomic E-state index is 0.116. The third-order valence-electron chi connectivity index (χ3n) is 2.30. The lowest BCUT2D eigenvalue weighted by Gasteiger charge is -2.26. The number of nitrogens with zero attached hydrogens (tertiary/aromatic N) is 1. The molecule has 0 aliphatic rings. The molecular formula is C12H20N2O. The normalized spacial score (nSPS) is 11.2. The summed E-state index contributed by atoms with van der Waals surface area (Å²) in [4.78, 5) is 4.16. The number of pyridine rings is 1. The van der Waals surface area contributed by atoms with Gasteiger partial charge < -0.3 is 10.1 Å². The van der Waals surface area contributed by atoms with Crippen LogP contribution < -0.4 is 10.1 Å². The summed E-state index contributed by atoms with van der Waals surface area (Å²) in [5.41, 5.74) is 1.15. The zero-order chi connectivity index (χ0) is 11.3. The van der Waals surface area contributed by atoms with Gasteiger partial charge in [0.2, 0.25) is 5.88 Å². The van der Waals surface area contributed by atoms with Crippen LogP contribution in [0.3, 0.4) is 0 Å². The zero-order valence-corrected chi connectivity index (χ0v) is 10.0. The van der Waals surface area contributed by atoms with E-state index in [0.29, 0.717) is 5.88 Å². The van der Waals surface area contributed by atoms with Crippen LogP contribution in [0.5, 0.6) is 5.88 Å². The van der Waals surface area contributed by atoms with E-state index in [9.17, 15) is 0 Å². The van der Waals surface area contributed by atoms with Gasteiger partial charge in [0.25, 0.3) is 0 Å². The Balaban J connectivity index is 2.64. The lowest BCUT2D eigenvalue weighted by atomic mass is 9.99. The van der Waals surface area contributed by atoms with Gasteiger partial charge in [0.15, 0.2) is 0 Å². The molecule has 0 fully saturated rings. The van der Waals surface area contributed by atoms with E-state index >= 15 is 0 Å². The Kier molecular flexibility index (Phi) is 3.95. The molecule has 0 saturated heterocycles. The molecule has 1 heterocycles. The van der Waals surface area contributed by atoms with Gasteiger partial charge in [0.1, 0.15) is 0 Å². The summed E-state index contributed by atoms with van der Waals surface area (Å²) in [7, 11) is 1.62. The summed E-state index contributed by atoms with van der Waals surface area (Å²) >= 11 is 0. The summed E-state index contributed by atoms with van der Waals surface area (Å²) in [6.45, 7) is 6.58. The molecule has 1 rings (SSSR count). The summed E-state index contributed by atoms with van der Waals surface area (Å²) in [6, 6.07) is 3.85. The zero-order valence-electron chi connectivity index (χ0n) is 10.0. The minimum absolute atomic E-state index is 0.116. The van der Waals surface area contributed by atoms with E-state index in [1.807, 2.05) is 12.1 Å². The van der Waals surface area contributed by atoms with Crippen molar-refractivity contribution in [3.63, 3.8) is 0 Å². The SMILES string of the molecule is CCCC(C)(C)Nc1ccc(OC)nc1. The molecule has 3 nitrogen and oxygen atoms in total. The molecule has 0 atom stereocenters. The topological polar surface area (TPSA) is 34.1 Å². The number of methoxy groups -OCH3 is 1. The summed E-state index contributed by atoms with van der Waals surface area (Å²) in [5, 5.41) is 3.45. The summed E-state index contributed by atoms with van der Waals surface area (Å²) < 4.78 is 5.01. The van der Waals surface area contributed by atoms with Crippen molar-refractivity contribution in [1.29, 1.82) is 0 Å². The van der Waals surface area contributed by atoms with E-state index in [1.165, 1.54) is 6.42 Å². The Bertz CT molecular complexity index is 293. The van der Waals surface area contributed by atoms with Gasteiger partial charge in [-0.15, -0.1) is 0 Å². The molecule has 0 aliphatic carbocycles. The summed E-state index contributed by atoms with van der Waals surface area (Å²) in [6.07, 6.45) is 4.11. The second-order valence-corrected chi connectivity index (χ2v) is 4.35. The fourth-order valence-electron chi connectivity index (χ4n) is 1.65. The van der Waals surface area contributed by atoms with Gasteiger partial charge in [-0.05, 0) is 26.3 Å². The highest BCUT2D eigenvalue weighted by molar-refractivity contribution is 5.44. The fourth-order valence-corrected chi connectivity index (χ4v) is 1.65. The van der Waals surface area contributed by atoms with Gasteiger partial charge >= 0.3 is 0 Å². The second-order valence-electron chi connectivity index (χ2n) is 4.35. The van der Waals surface area contributed by atoms with E-state index in [1.54, 1.807) is 13.3 Å². The van der Waals surface area contributed by atoms with Crippen LogP contribution in [-0.2, 0) is 0 Å². The minimum Gasteiger partial charge on any atom is -0.481 e. The van der Waals surface area contributed by atoms with Crippen molar-refractivity contribution in [2.75, 3.05) is 12.4 Å². The van der Waals surface area contributed by atoms with Gasteiger partial charge in [0, 0.05) is 11.6 Å². The lowest BCUT2D eigenvalue weighted by Crippen LogP contribution is -2.30. The number of ether oxygens (including phenoxy) is 1. The summed E-state index contributed by atoms with van der Waals surface area (Å²) in [5.74, 6) is 0.647. The van der Waals surface area contributed by atoms with Crippen LogP contribution in [-0.4, -0.2) is 17.6 Å². The molecule has 0 aromatic carbocycles. The molecule has 84 valence electrons. The van der Waals surface area contributed by atoms with Crippen molar-refractivity contribution >= 4 is 5.69 Å². The molecule has 0 spiro atoms. The largest absolute Gasteiger partial charge is 0.481 e. The quantitative estimate of drug-likeness (QED) is 0.807. The van der Waals surface area contributed by atoms with Crippen molar-refractivity contribution in [2.24, 2.45) is 0 Å². The predicted molar refractivity (Wildman–Crippen MR) is 63.4 cm³/mol. The third-order valence-corrected chi connectivity index (χ3v) is 2.30. The maximum absolute atomic E-state index is 5.01. The molecule has 0 saturated carbocycles. The number of hydrogen-bond donors (Lipinski definition) is 1. The molecule has 0 unspecified atom stereocenters. The first-order valence-corrected chi connectivity index (χ1v) is 5.35. The van der Waals surface area contributed by atoms with Crippen molar-refractivity contribution in [2.45, 2.75) is 39.2 Å². The molecule has 0 aliphatic heterocycles. The van der Waals surface area contributed by atoms with Crippen molar-refractivity contribution < 1.29 is 4.74 Å². The maximum Gasteiger partial charge on any atom is 0.213 e. The number of aromatic nitrogens is 1. The number of hydrogen-bond acceptors (Lipinski definition) is 3. The van der Waals surface area contributed by atoms with Crippen LogP contribution in [0.15, 0.2) is 18.3 Å². The van der Waals surface area contributed by atoms with E-state index in [-0.39, 0.29) is 5.54 Å². The molecule has 1 aromatic heterocycles. The Hall–Kier alpha value is -1.25. The third kappa shape index (κ3) is 3.78. The first-order valence-electron chi connectivity index (χ1n) is 5.35. The van der Waals surface area contributed by atoms with Crippen LogP contribution in [0.25, 0.3) is 0 Å². The standard InChI is InChI=1S/C12H20N2O/c1-5-8-12(2,3)14-10-6-7-11(15-4)13-9-10/h6-7,9,14H,5,8H2,1-4H3. The van der Waals surface area contributed by atoms with E-state index in [0.717, 1.165) is 12.1 Å².